The van der Waals surface area contributed by atoms with Crippen LogP contribution in [-0.4, -0.2) is 13.2 Å². The first kappa shape index (κ1) is 17.6. The average Bonchev–Trinajstić information content (AvgIpc) is 2.53. The van der Waals surface area contributed by atoms with E-state index in [-0.39, 0.29) is 5.41 Å². The van der Waals surface area contributed by atoms with Crippen molar-refractivity contribution in [1.29, 1.82) is 0 Å². The second-order valence-corrected chi connectivity index (χ2v) is 6.81. The van der Waals surface area contributed by atoms with Gasteiger partial charge in [0.1, 0.15) is 5.75 Å². The van der Waals surface area contributed by atoms with Crippen LogP contribution in [0, 0.1) is 20.8 Å². The van der Waals surface area contributed by atoms with E-state index in [0.717, 1.165) is 25.2 Å². The summed E-state index contributed by atoms with van der Waals surface area (Å²) in [4.78, 5) is 0. The molecule has 0 aliphatic heterocycles. The summed E-state index contributed by atoms with van der Waals surface area (Å²) in [5, 5.41) is 0. The summed E-state index contributed by atoms with van der Waals surface area (Å²) in [6.07, 6.45) is 2.02. The van der Waals surface area contributed by atoms with Crippen LogP contribution in [0.25, 0.3) is 0 Å². The lowest BCUT2D eigenvalue weighted by atomic mass is 9.79. The van der Waals surface area contributed by atoms with Gasteiger partial charge in [0.05, 0.1) is 6.61 Å². The molecule has 0 amide bonds. The Morgan fingerprint density at radius 2 is 1.61 bits per heavy atom. The molecule has 2 N–H and O–H groups in total. The Morgan fingerprint density at radius 3 is 2.17 bits per heavy atom. The Bertz CT molecular complexity index is 613. The molecule has 1 atom stereocenters. The van der Waals surface area contributed by atoms with Gasteiger partial charge in [-0.25, -0.2) is 0 Å². The van der Waals surface area contributed by atoms with Crippen LogP contribution in [0.4, 0.5) is 0 Å². The fourth-order valence-corrected chi connectivity index (χ4v) is 3.24. The van der Waals surface area contributed by atoms with Crippen molar-refractivity contribution in [3.63, 3.8) is 0 Å². The minimum absolute atomic E-state index is 0.0159. The maximum atomic E-state index is 6.06. The highest BCUT2D eigenvalue weighted by atomic mass is 16.5. The zero-order valence-corrected chi connectivity index (χ0v) is 14.9. The minimum atomic E-state index is 0.0159. The normalized spacial score (nSPS) is 13.6. The molecule has 2 aromatic rings. The maximum Gasteiger partial charge on any atom is 0.125 e. The number of hydrogen-bond acceptors (Lipinski definition) is 2. The highest BCUT2D eigenvalue weighted by Crippen LogP contribution is 2.29. The average molecular weight is 311 g/mol. The van der Waals surface area contributed by atoms with E-state index in [1.54, 1.807) is 0 Å². The zero-order valence-electron chi connectivity index (χ0n) is 14.9. The third-order valence-electron chi connectivity index (χ3n) is 4.65. The van der Waals surface area contributed by atoms with Gasteiger partial charge in [0, 0.05) is 12.0 Å². The van der Waals surface area contributed by atoms with Crippen LogP contribution >= 0.6 is 0 Å². The lowest BCUT2D eigenvalue weighted by molar-refractivity contribution is 0.282. The van der Waals surface area contributed by atoms with Gasteiger partial charge in [-0.1, -0.05) is 55.0 Å². The second kappa shape index (κ2) is 7.65. The van der Waals surface area contributed by atoms with E-state index in [0.29, 0.717) is 6.54 Å². The van der Waals surface area contributed by atoms with Gasteiger partial charge in [-0.2, -0.15) is 0 Å². The first-order chi connectivity index (χ1) is 11.0. The van der Waals surface area contributed by atoms with Gasteiger partial charge in [0.15, 0.2) is 0 Å². The number of aryl methyl sites for hydroxylation is 3. The highest BCUT2D eigenvalue weighted by Gasteiger charge is 2.24. The Balaban J connectivity index is 1.94. The van der Waals surface area contributed by atoms with E-state index in [4.69, 9.17) is 10.5 Å². The van der Waals surface area contributed by atoms with Gasteiger partial charge >= 0.3 is 0 Å². The molecule has 0 spiro atoms. The van der Waals surface area contributed by atoms with Crippen molar-refractivity contribution in [3.05, 3.63) is 64.7 Å². The predicted molar refractivity (Wildman–Crippen MR) is 98.2 cm³/mol. The highest BCUT2D eigenvalue weighted by molar-refractivity contribution is 5.42. The van der Waals surface area contributed by atoms with Crippen LogP contribution in [0.3, 0.4) is 0 Å². The first-order valence-corrected chi connectivity index (χ1v) is 8.42. The van der Waals surface area contributed by atoms with Crippen molar-refractivity contribution in [2.45, 2.75) is 46.0 Å². The molecule has 0 aliphatic carbocycles. The third kappa shape index (κ3) is 4.35. The van der Waals surface area contributed by atoms with Crippen molar-refractivity contribution >= 4 is 0 Å². The van der Waals surface area contributed by atoms with Crippen LogP contribution in [0.1, 0.15) is 42.0 Å². The van der Waals surface area contributed by atoms with Crippen molar-refractivity contribution in [1.82, 2.24) is 0 Å². The summed E-state index contributed by atoms with van der Waals surface area (Å²) in [5.41, 5.74) is 11.1. The van der Waals surface area contributed by atoms with E-state index in [1.807, 2.05) is 6.07 Å². The maximum absolute atomic E-state index is 6.06. The Morgan fingerprint density at radius 1 is 1.00 bits per heavy atom. The van der Waals surface area contributed by atoms with Crippen molar-refractivity contribution in [3.8, 4) is 5.75 Å². The van der Waals surface area contributed by atoms with Crippen molar-refractivity contribution in [2.24, 2.45) is 5.73 Å². The summed E-state index contributed by atoms with van der Waals surface area (Å²) < 4.78 is 6.06. The molecule has 2 heteroatoms. The number of hydrogen-bond donors (Lipinski definition) is 1. The van der Waals surface area contributed by atoms with Gasteiger partial charge in [-0.15, -0.1) is 0 Å². The molecule has 0 aromatic heterocycles. The minimum Gasteiger partial charge on any atom is -0.493 e. The zero-order chi connectivity index (χ0) is 16.9. The fourth-order valence-electron chi connectivity index (χ4n) is 3.24. The van der Waals surface area contributed by atoms with Gasteiger partial charge < -0.3 is 10.5 Å². The van der Waals surface area contributed by atoms with E-state index in [2.05, 4.69) is 64.1 Å². The van der Waals surface area contributed by atoms with Gasteiger partial charge in [0.25, 0.3) is 0 Å². The predicted octanol–water partition coefficient (Wildman–Crippen LogP) is 4.69. The van der Waals surface area contributed by atoms with E-state index < -0.39 is 0 Å². The van der Waals surface area contributed by atoms with E-state index >= 15 is 0 Å². The summed E-state index contributed by atoms with van der Waals surface area (Å²) in [5.74, 6) is 1.03. The van der Waals surface area contributed by atoms with Crippen LogP contribution in [0.2, 0.25) is 0 Å². The second-order valence-electron chi connectivity index (χ2n) is 6.81. The third-order valence-corrected chi connectivity index (χ3v) is 4.65. The van der Waals surface area contributed by atoms with Gasteiger partial charge in [-0.3, -0.25) is 0 Å². The van der Waals surface area contributed by atoms with Gasteiger partial charge in [-0.05, 0) is 50.3 Å². The molecule has 0 saturated heterocycles. The number of ether oxygens (including phenoxy) is 1. The molecule has 0 heterocycles. The molecule has 0 fully saturated rings. The topological polar surface area (TPSA) is 35.2 Å². The summed E-state index contributed by atoms with van der Waals surface area (Å²) in [7, 11) is 0. The lowest BCUT2D eigenvalue weighted by Crippen LogP contribution is -2.32. The molecule has 23 heavy (non-hydrogen) atoms. The summed E-state index contributed by atoms with van der Waals surface area (Å²) in [6.45, 7) is 9.97. The number of rotatable bonds is 7. The van der Waals surface area contributed by atoms with E-state index in [9.17, 15) is 0 Å². The molecule has 0 radical (unpaired) electrons. The molecule has 2 nitrogen and oxygen atoms in total. The molecular formula is C21H29NO. The largest absolute Gasteiger partial charge is 0.493 e. The molecule has 124 valence electrons. The van der Waals surface area contributed by atoms with Crippen LogP contribution in [0.5, 0.6) is 5.75 Å². The lowest BCUT2D eigenvalue weighted by Gasteiger charge is -2.28. The molecule has 0 bridgehead atoms. The van der Waals surface area contributed by atoms with Crippen LogP contribution in [-0.2, 0) is 5.41 Å². The van der Waals surface area contributed by atoms with Crippen LogP contribution in [0.15, 0.2) is 42.5 Å². The Kier molecular flexibility index (Phi) is 5.84. The van der Waals surface area contributed by atoms with Crippen molar-refractivity contribution < 1.29 is 4.74 Å². The summed E-state index contributed by atoms with van der Waals surface area (Å²) >= 11 is 0. The molecular weight excluding hydrogens is 282 g/mol. The molecule has 0 aliphatic rings. The Hall–Kier alpha value is -1.80. The smallest absolute Gasteiger partial charge is 0.125 e. The quantitative estimate of drug-likeness (QED) is 0.753. The standard InChI is InChI=1S/C21H29NO/c1-16-13-17(2)20(18(3)14-16)23-12-8-11-21(4,15-22)19-9-6-5-7-10-19/h5-7,9-10,13-14H,8,11-12,15,22H2,1-4H3. The van der Waals surface area contributed by atoms with Crippen LogP contribution < -0.4 is 10.5 Å². The summed E-state index contributed by atoms with van der Waals surface area (Å²) in [6, 6.07) is 14.9. The molecule has 2 rings (SSSR count). The number of benzene rings is 2. The van der Waals surface area contributed by atoms with E-state index in [1.165, 1.54) is 22.3 Å². The Labute approximate surface area is 140 Å². The SMILES string of the molecule is Cc1cc(C)c(OCCCC(C)(CN)c2ccccc2)c(C)c1. The number of nitrogens with two attached hydrogens (primary N) is 1. The molecule has 2 aromatic carbocycles. The first-order valence-electron chi connectivity index (χ1n) is 8.42. The molecule has 1 unspecified atom stereocenters. The monoisotopic (exact) mass is 311 g/mol. The van der Waals surface area contributed by atoms with Crippen molar-refractivity contribution in [2.75, 3.05) is 13.2 Å². The molecule has 0 saturated carbocycles. The fraction of sp³-hybridized carbons (Fsp3) is 0.429. The van der Waals surface area contributed by atoms with Gasteiger partial charge in [0.2, 0.25) is 0 Å².